The maximum Gasteiger partial charge on any atom is 0.414 e. The van der Waals surface area contributed by atoms with Crippen LogP contribution >= 0.6 is 0 Å². The molecule has 2 aromatic rings. The third kappa shape index (κ3) is 2.30. The molecule has 6 heteroatoms. The van der Waals surface area contributed by atoms with Gasteiger partial charge < -0.3 is 19.6 Å². The highest BCUT2D eigenvalue weighted by Crippen LogP contribution is 2.28. The van der Waals surface area contributed by atoms with Gasteiger partial charge in [0.1, 0.15) is 5.75 Å². The van der Waals surface area contributed by atoms with E-state index < -0.39 is 0 Å². The smallest absolute Gasteiger partial charge is 0.414 e. The molecule has 0 saturated heterocycles. The van der Waals surface area contributed by atoms with Crippen molar-refractivity contribution in [3.05, 3.63) is 18.2 Å². The minimum absolute atomic E-state index is 0.150. The number of rotatable bonds is 4. The Hall–Kier alpha value is -2.24. The van der Waals surface area contributed by atoms with Crippen LogP contribution in [0.1, 0.15) is 6.92 Å². The topological polar surface area (TPSA) is 83.4 Å². The van der Waals surface area contributed by atoms with Crippen molar-refractivity contribution in [3.8, 4) is 23.3 Å². The van der Waals surface area contributed by atoms with E-state index in [4.69, 9.17) is 19.6 Å². The van der Waals surface area contributed by atoms with Gasteiger partial charge in [0, 0.05) is 5.56 Å². The van der Waals surface area contributed by atoms with Crippen molar-refractivity contribution in [1.82, 2.24) is 10.2 Å². The van der Waals surface area contributed by atoms with Crippen molar-refractivity contribution in [2.24, 2.45) is 0 Å². The molecule has 1 heterocycles. The molecule has 0 amide bonds. The van der Waals surface area contributed by atoms with Gasteiger partial charge >= 0.3 is 6.08 Å². The summed E-state index contributed by atoms with van der Waals surface area (Å²) in [5.41, 5.74) is 7.03. The average molecular weight is 235 g/mol. The summed E-state index contributed by atoms with van der Waals surface area (Å²) in [6.07, 6.45) is 0.150. The van der Waals surface area contributed by atoms with Crippen LogP contribution in [0.4, 0.5) is 5.69 Å². The molecule has 0 fully saturated rings. The molecule has 0 bridgehead atoms. The van der Waals surface area contributed by atoms with Gasteiger partial charge in [0.2, 0.25) is 0 Å². The van der Waals surface area contributed by atoms with Gasteiger partial charge in [0.05, 0.1) is 19.4 Å². The molecular formula is C11H13N3O3. The third-order valence-corrected chi connectivity index (χ3v) is 2.15. The minimum atomic E-state index is 0.150. The first kappa shape index (κ1) is 11.3. The van der Waals surface area contributed by atoms with Gasteiger partial charge in [-0.3, -0.25) is 0 Å². The van der Waals surface area contributed by atoms with Crippen LogP contribution in [0.5, 0.6) is 11.8 Å². The lowest BCUT2D eigenvalue weighted by molar-refractivity contribution is 0.247. The molecule has 0 radical (unpaired) electrons. The van der Waals surface area contributed by atoms with E-state index in [0.29, 0.717) is 23.9 Å². The van der Waals surface area contributed by atoms with Crippen LogP contribution in [0, 0.1) is 0 Å². The van der Waals surface area contributed by atoms with Gasteiger partial charge in [-0.05, 0) is 25.1 Å². The van der Waals surface area contributed by atoms with E-state index in [1.165, 1.54) is 0 Å². The van der Waals surface area contributed by atoms with Gasteiger partial charge in [-0.25, -0.2) is 0 Å². The monoisotopic (exact) mass is 235 g/mol. The zero-order valence-corrected chi connectivity index (χ0v) is 9.64. The quantitative estimate of drug-likeness (QED) is 0.812. The van der Waals surface area contributed by atoms with Crippen molar-refractivity contribution < 1.29 is 13.9 Å². The molecule has 0 atom stereocenters. The predicted molar refractivity (Wildman–Crippen MR) is 61.9 cm³/mol. The summed E-state index contributed by atoms with van der Waals surface area (Å²) in [6, 6.07) is 5.25. The Morgan fingerprint density at radius 1 is 1.35 bits per heavy atom. The number of benzene rings is 1. The minimum Gasteiger partial charge on any atom is -0.495 e. The van der Waals surface area contributed by atoms with E-state index in [1.54, 1.807) is 25.3 Å². The lowest BCUT2D eigenvalue weighted by atomic mass is 10.2. The largest absolute Gasteiger partial charge is 0.495 e. The van der Waals surface area contributed by atoms with Crippen molar-refractivity contribution in [3.63, 3.8) is 0 Å². The number of nitrogens with two attached hydrogens (primary N) is 1. The molecule has 17 heavy (non-hydrogen) atoms. The van der Waals surface area contributed by atoms with E-state index >= 15 is 0 Å². The first-order valence-corrected chi connectivity index (χ1v) is 5.14. The number of aromatic nitrogens is 2. The summed E-state index contributed by atoms with van der Waals surface area (Å²) in [4.78, 5) is 0. The Morgan fingerprint density at radius 3 is 2.82 bits per heavy atom. The SMILES string of the molecule is CCOc1nnc(-c2ccc(OC)c(N)c2)o1. The molecule has 90 valence electrons. The van der Waals surface area contributed by atoms with Gasteiger partial charge in [-0.15, -0.1) is 5.10 Å². The number of anilines is 1. The van der Waals surface area contributed by atoms with Crippen LogP contribution in [0.15, 0.2) is 22.6 Å². The van der Waals surface area contributed by atoms with Crippen LogP contribution in [0.25, 0.3) is 11.5 Å². The summed E-state index contributed by atoms with van der Waals surface area (Å²) in [5.74, 6) is 0.973. The van der Waals surface area contributed by atoms with Gasteiger partial charge in [-0.1, -0.05) is 5.10 Å². The fraction of sp³-hybridized carbons (Fsp3) is 0.273. The Bertz CT molecular complexity index is 510. The number of hydrogen-bond donors (Lipinski definition) is 1. The van der Waals surface area contributed by atoms with E-state index in [1.807, 2.05) is 6.92 Å². The van der Waals surface area contributed by atoms with Crippen LogP contribution in [0.2, 0.25) is 0 Å². The van der Waals surface area contributed by atoms with Gasteiger partial charge in [0.15, 0.2) is 0 Å². The lowest BCUT2D eigenvalue weighted by Crippen LogP contribution is -1.92. The van der Waals surface area contributed by atoms with Crippen LogP contribution in [-0.4, -0.2) is 23.9 Å². The maximum atomic E-state index is 5.79. The highest BCUT2D eigenvalue weighted by molar-refractivity contribution is 5.65. The molecule has 1 aromatic carbocycles. The van der Waals surface area contributed by atoms with Crippen molar-refractivity contribution in [2.75, 3.05) is 19.5 Å². The second-order valence-corrected chi connectivity index (χ2v) is 3.26. The zero-order chi connectivity index (χ0) is 12.3. The summed E-state index contributed by atoms with van der Waals surface area (Å²) in [6.45, 7) is 2.32. The molecule has 0 aliphatic rings. The van der Waals surface area contributed by atoms with Crippen molar-refractivity contribution >= 4 is 5.69 Å². The average Bonchev–Trinajstić information content (AvgIpc) is 2.78. The van der Waals surface area contributed by atoms with Gasteiger partial charge in [0.25, 0.3) is 5.89 Å². The highest BCUT2D eigenvalue weighted by Gasteiger charge is 2.10. The summed E-state index contributed by atoms with van der Waals surface area (Å²) >= 11 is 0. The molecule has 6 nitrogen and oxygen atoms in total. The van der Waals surface area contributed by atoms with Crippen LogP contribution < -0.4 is 15.2 Å². The fourth-order valence-electron chi connectivity index (χ4n) is 1.38. The Labute approximate surface area is 98.4 Å². The molecular weight excluding hydrogens is 222 g/mol. The predicted octanol–water partition coefficient (Wildman–Crippen LogP) is 1.73. The maximum absolute atomic E-state index is 5.79. The molecule has 0 unspecified atom stereocenters. The summed E-state index contributed by atoms with van der Waals surface area (Å²) in [7, 11) is 1.56. The first-order chi connectivity index (χ1) is 8.24. The number of nitrogens with zero attached hydrogens (tertiary/aromatic N) is 2. The summed E-state index contributed by atoms with van der Waals surface area (Å²) < 4.78 is 15.4. The molecule has 0 aliphatic heterocycles. The molecule has 1 aromatic heterocycles. The third-order valence-electron chi connectivity index (χ3n) is 2.15. The normalized spacial score (nSPS) is 10.2. The van der Waals surface area contributed by atoms with E-state index in [2.05, 4.69) is 10.2 Å². The van der Waals surface area contributed by atoms with Crippen molar-refractivity contribution in [1.29, 1.82) is 0 Å². The number of hydrogen-bond acceptors (Lipinski definition) is 6. The second-order valence-electron chi connectivity index (χ2n) is 3.26. The van der Waals surface area contributed by atoms with Crippen LogP contribution in [0.3, 0.4) is 0 Å². The lowest BCUT2D eigenvalue weighted by Gasteiger charge is -2.04. The Kier molecular flexibility index (Phi) is 3.13. The number of nitrogen functional groups attached to an aromatic ring is 1. The molecule has 0 spiro atoms. The molecule has 2 N–H and O–H groups in total. The highest BCUT2D eigenvalue weighted by atomic mass is 16.6. The van der Waals surface area contributed by atoms with E-state index in [-0.39, 0.29) is 6.08 Å². The van der Waals surface area contributed by atoms with E-state index in [0.717, 1.165) is 5.56 Å². The Balaban J connectivity index is 2.29. The van der Waals surface area contributed by atoms with Crippen molar-refractivity contribution in [2.45, 2.75) is 6.92 Å². The molecule has 0 saturated carbocycles. The first-order valence-electron chi connectivity index (χ1n) is 5.14. The standard InChI is InChI=1S/C11H13N3O3/c1-3-16-11-14-13-10(17-11)7-4-5-9(15-2)8(12)6-7/h4-6H,3,12H2,1-2H3. The molecule has 0 aliphatic carbocycles. The van der Waals surface area contributed by atoms with Crippen LogP contribution in [-0.2, 0) is 0 Å². The second kappa shape index (κ2) is 4.73. The number of ether oxygens (including phenoxy) is 2. The number of methoxy groups -OCH3 is 1. The summed E-state index contributed by atoms with van der Waals surface area (Å²) in [5, 5.41) is 7.61. The Morgan fingerprint density at radius 2 is 2.18 bits per heavy atom. The zero-order valence-electron chi connectivity index (χ0n) is 9.64. The van der Waals surface area contributed by atoms with Gasteiger partial charge in [-0.2, -0.15) is 0 Å². The molecule has 2 rings (SSSR count). The fourth-order valence-corrected chi connectivity index (χ4v) is 1.38. The van der Waals surface area contributed by atoms with E-state index in [9.17, 15) is 0 Å².